The number of rotatable bonds is 6. The number of anilines is 2. The molecule has 9 heteroatoms. The van der Waals surface area contributed by atoms with Gasteiger partial charge in [0, 0.05) is 24.5 Å². The number of hydrogen-bond donors (Lipinski definition) is 2. The van der Waals surface area contributed by atoms with Gasteiger partial charge in [0.15, 0.2) is 5.65 Å². The lowest BCUT2D eigenvalue weighted by Gasteiger charge is -2.29. The lowest BCUT2D eigenvalue weighted by Crippen LogP contribution is -2.37. The third kappa shape index (κ3) is 5.26. The van der Waals surface area contributed by atoms with Crippen molar-refractivity contribution < 1.29 is 8.42 Å². The van der Waals surface area contributed by atoms with Gasteiger partial charge in [-0.25, -0.2) is 13.4 Å². The molecule has 0 saturated carbocycles. The summed E-state index contributed by atoms with van der Waals surface area (Å²) in [6.07, 6.45) is 3.31. The first-order valence-corrected chi connectivity index (χ1v) is 11.3. The van der Waals surface area contributed by atoms with Crippen LogP contribution in [0.15, 0.2) is 6.07 Å². The Kier molecular flexibility index (Phi) is 5.81. The highest BCUT2D eigenvalue weighted by atomic mass is 32.2. The summed E-state index contributed by atoms with van der Waals surface area (Å²) >= 11 is 0. The molecule has 0 atom stereocenters. The fourth-order valence-corrected chi connectivity index (χ4v) is 3.83. The summed E-state index contributed by atoms with van der Waals surface area (Å²) in [5.74, 6) is 1.22. The van der Waals surface area contributed by atoms with Crippen molar-refractivity contribution in [2.24, 2.45) is 0 Å². The first-order valence-electron chi connectivity index (χ1n) is 9.24. The average molecular weight is 393 g/mol. The third-order valence-electron chi connectivity index (χ3n) is 4.81. The maximum absolute atomic E-state index is 11.5. The van der Waals surface area contributed by atoms with Gasteiger partial charge in [0.1, 0.15) is 15.7 Å². The molecule has 0 aromatic carbocycles. The van der Waals surface area contributed by atoms with E-state index < -0.39 is 9.84 Å². The van der Waals surface area contributed by atoms with Crippen molar-refractivity contribution in [2.45, 2.75) is 32.7 Å². The minimum Gasteiger partial charge on any atom is -0.368 e. The summed E-state index contributed by atoms with van der Waals surface area (Å²) in [7, 11) is -0.917. The van der Waals surface area contributed by atoms with Gasteiger partial charge >= 0.3 is 0 Å². The predicted octanol–water partition coefficient (Wildman–Crippen LogP) is 1.60. The van der Waals surface area contributed by atoms with Crippen LogP contribution in [-0.2, 0) is 9.84 Å². The molecular weight excluding hydrogens is 364 g/mol. The van der Waals surface area contributed by atoms with Crippen LogP contribution in [0.2, 0.25) is 0 Å². The molecule has 0 amide bonds. The third-order valence-corrected chi connectivity index (χ3v) is 5.75. The molecule has 2 aromatic heterocycles. The van der Waals surface area contributed by atoms with E-state index in [0.717, 1.165) is 42.6 Å². The van der Waals surface area contributed by atoms with Gasteiger partial charge in [0.25, 0.3) is 0 Å². The number of fused-ring (bicyclic) bond motifs is 1. The molecule has 1 fully saturated rings. The highest BCUT2D eigenvalue weighted by molar-refractivity contribution is 7.90. The normalized spacial score (nSPS) is 16.6. The van der Waals surface area contributed by atoms with Crippen LogP contribution in [0.4, 0.5) is 11.8 Å². The predicted molar refractivity (Wildman–Crippen MR) is 109 cm³/mol. The summed E-state index contributed by atoms with van der Waals surface area (Å²) in [6.45, 7) is 6.32. The number of piperidine rings is 1. The van der Waals surface area contributed by atoms with Crippen LogP contribution < -0.4 is 10.6 Å². The summed E-state index contributed by atoms with van der Waals surface area (Å²) in [6, 6.07) is 2.31. The second-order valence-corrected chi connectivity index (χ2v) is 9.71. The van der Waals surface area contributed by atoms with Crippen LogP contribution in [-0.4, -0.2) is 73.0 Å². The Bertz CT molecular complexity index is 923. The molecule has 148 valence electrons. The van der Waals surface area contributed by atoms with Gasteiger partial charge in [-0.05, 0) is 58.5 Å². The number of aryl methyl sites for hydroxylation is 2. The molecule has 1 aliphatic heterocycles. The standard InChI is InChI=1S/C18H28N6O2S/c1-12-11-13(2)20-17-15(12)16(19-7-10-27(4,25)26)22-18(23-17)21-14-5-8-24(3)9-6-14/h11,14H,5-10H2,1-4H3,(H2,19,20,21,22,23). The Morgan fingerprint density at radius 1 is 1.19 bits per heavy atom. The van der Waals surface area contributed by atoms with Gasteiger partial charge < -0.3 is 15.5 Å². The average Bonchev–Trinajstić information content (AvgIpc) is 2.55. The number of pyridine rings is 1. The zero-order valence-electron chi connectivity index (χ0n) is 16.4. The van der Waals surface area contributed by atoms with Crippen LogP contribution in [0.1, 0.15) is 24.1 Å². The van der Waals surface area contributed by atoms with Crippen molar-refractivity contribution in [3.8, 4) is 0 Å². The van der Waals surface area contributed by atoms with Crippen molar-refractivity contribution in [3.05, 3.63) is 17.3 Å². The second kappa shape index (κ2) is 7.93. The zero-order chi connectivity index (χ0) is 19.6. The number of hydrogen-bond acceptors (Lipinski definition) is 8. The maximum atomic E-state index is 11.5. The van der Waals surface area contributed by atoms with E-state index >= 15 is 0 Å². The van der Waals surface area contributed by atoms with E-state index in [9.17, 15) is 8.42 Å². The van der Waals surface area contributed by atoms with Gasteiger partial charge in [0.05, 0.1) is 11.1 Å². The topological polar surface area (TPSA) is 100 Å². The molecule has 0 bridgehead atoms. The smallest absolute Gasteiger partial charge is 0.226 e. The lowest BCUT2D eigenvalue weighted by atomic mass is 10.1. The highest BCUT2D eigenvalue weighted by Crippen LogP contribution is 2.26. The van der Waals surface area contributed by atoms with Crippen molar-refractivity contribution >= 4 is 32.6 Å². The monoisotopic (exact) mass is 392 g/mol. The molecule has 3 heterocycles. The van der Waals surface area contributed by atoms with E-state index in [1.165, 1.54) is 6.26 Å². The minimum absolute atomic E-state index is 0.0502. The van der Waals surface area contributed by atoms with E-state index in [4.69, 9.17) is 0 Å². The molecule has 1 aliphatic rings. The largest absolute Gasteiger partial charge is 0.368 e. The Labute approximate surface area is 160 Å². The van der Waals surface area contributed by atoms with Crippen molar-refractivity contribution in [2.75, 3.05) is 49.3 Å². The number of aromatic nitrogens is 3. The maximum Gasteiger partial charge on any atom is 0.226 e. The summed E-state index contributed by atoms with van der Waals surface area (Å²) in [5, 5.41) is 7.44. The molecule has 2 N–H and O–H groups in total. The van der Waals surface area contributed by atoms with Gasteiger partial charge in [0.2, 0.25) is 5.95 Å². The Hall–Kier alpha value is -2.00. The first kappa shape index (κ1) is 19.8. The zero-order valence-corrected chi connectivity index (χ0v) is 17.2. The Morgan fingerprint density at radius 3 is 2.56 bits per heavy atom. The van der Waals surface area contributed by atoms with E-state index in [2.05, 4.69) is 37.5 Å². The second-order valence-electron chi connectivity index (χ2n) is 7.45. The molecule has 0 spiro atoms. The summed E-state index contributed by atoms with van der Waals surface area (Å²) in [5.41, 5.74) is 2.54. The lowest BCUT2D eigenvalue weighted by molar-refractivity contribution is 0.263. The van der Waals surface area contributed by atoms with Crippen molar-refractivity contribution in [1.29, 1.82) is 0 Å². The van der Waals surface area contributed by atoms with Crippen LogP contribution in [0, 0.1) is 13.8 Å². The SMILES string of the molecule is Cc1cc(C)c2c(NCCS(C)(=O)=O)nc(NC3CCN(C)CC3)nc2n1. The van der Waals surface area contributed by atoms with Crippen LogP contribution >= 0.6 is 0 Å². The van der Waals surface area contributed by atoms with Crippen molar-refractivity contribution in [3.63, 3.8) is 0 Å². The summed E-state index contributed by atoms with van der Waals surface area (Å²) in [4.78, 5) is 16.1. The van der Waals surface area contributed by atoms with Gasteiger partial charge in [-0.2, -0.15) is 9.97 Å². The van der Waals surface area contributed by atoms with E-state index in [0.29, 0.717) is 30.0 Å². The number of nitrogens with one attached hydrogen (secondary N) is 2. The fraction of sp³-hybridized carbons (Fsp3) is 0.611. The van der Waals surface area contributed by atoms with Crippen LogP contribution in [0.25, 0.3) is 11.0 Å². The highest BCUT2D eigenvalue weighted by Gasteiger charge is 2.19. The van der Waals surface area contributed by atoms with E-state index in [-0.39, 0.29) is 5.75 Å². The molecule has 2 aromatic rings. The minimum atomic E-state index is -3.04. The van der Waals surface area contributed by atoms with Crippen LogP contribution in [0.3, 0.4) is 0 Å². The Balaban J connectivity index is 1.90. The van der Waals surface area contributed by atoms with Crippen molar-refractivity contribution in [1.82, 2.24) is 19.9 Å². The molecule has 0 radical (unpaired) electrons. The molecule has 0 aliphatic carbocycles. The molecule has 1 saturated heterocycles. The number of nitrogens with zero attached hydrogens (tertiary/aromatic N) is 4. The van der Waals surface area contributed by atoms with E-state index in [1.54, 1.807) is 0 Å². The quantitative estimate of drug-likeness (QED) is 0.765. The summed E-state index contributed by atoms with van der Waals surface area (Å²) < 4.78 is 22.9. The molecular formula is C18H28N6O2S. The van der Waals surface area contributed by atoms with Gasteiger partial charge in [-0.3, -0.25) is 0 Å². The molecule has 8 nitrogen and oxygen atoms in total. The fourth-order valence-electron chi connectivity index (χ4n) is 3.36. The number of likely N-dealkylation sites (tertiary alicyclic amines) is 1. The molecule has 27 heavy (non-hydrogen) atoms. The first-order chi connectivity index (χ1) is 12.7. The van der Waals surface area contributed by atoms with Crippen LogP contribution in [0.5, 0.6) is 0 Å². The van der Waals surface area contributed by atoms with Gasteiger partial charge in [-0.15, -0.1) is 0 Å². The van der Waals surface area contributed by atoms with E-state index in [1.807, 2.05) is 19.9 Å². The molecule has 3 rings (SSSR count). The number of sulfone groups is 1. The molecule has 0 unspecified atom stereocenters. The van der Waals surface area contributed by atoms with Gasteiger partial charge in [-0.1, -0.05) is 0 Å². The Morgan fingerprint density at radius 2 is 1.89 bits per heavy atom.